The van der Waals surface area contributed by atoms with Crippen LogP contribution in [0.25, 0.3) is 0 Å². The lowest BCUT2D eigenvalue weighted by Gasteiger charge is -2.41. The number of amides is 1. The molecule has 110 valence electrons. The molecule has 0 aromatic heterocycles. The summed E-state index contributed by atoms with van der Waals surface area (Å²) in [7, 11) is 0. The second kappa shape index (κ2) is 5.78. The Bertz CT molecular complexity index is 354. The number of nitrogens with zero attached hydrogens (tertiary/aromatic N) is 1. The molecule has 1 heterocycles. The number of carbonyl (C=O) groups excluding carboxylic acids is 1. The van der Waals surface area contributed by atoms with Gasteiger partial charge in [0.15, 0.2) is 0 Å². The lowest BCUT2D eigenvalue weighted by Crippen LogP contribution is -2.51. The highest BCUT2D eigenvalue weighted by atomic mass is 32.1. The smallest absolute Gasteiger partial charge is 0.235 e. The lowest BCUT2D eigenvalue weighted by molar-refractivity contribution is -0.139. The maximum Gasteiger partial charge on any atom is 0.235 e. The van der Waals surface area contributed by atoms with E-state index < -0.39 is 5.41 Å². The van der Waals surface area contributed by atoms with E-state index in [4.69, 9.17) is 18.0 Å². The molecule has 1 aliphatic rings. The topological polar surface area (TPSA) is 46.3 Å². The average molecular weight is 284 g/mol. The van der Waals surface area contributed by atoms with Crippen LogP contribution in [0.2, 0.25) is 0 Å². The summed E-state index contributed by atoms with van der Waals surface area (Å²) in [5, 5.41) is 0. The first-order valence-electron chi connectivity index (χ1n) is 7.22. The third-order valence-electron chi connectivity index (χ3n) is 4.73. The maximum absolute atomic E-state index is 12.6. The van der Waals surface area contributed by atoms with Crippen molar-refractivity contribution in [3.8, 4) is 0 Å². The molecule has 1 atom stereocenters. The van der Waals surface area contributed by atoms with Crippen LogP contribution in [0.5, 0.6) is 0 Å². The number of carbonyl (C=O) groups is 1. The molecule has 4 heteroatoms. The molecule has 0 spiro atoms. The summed E-state index contributed by atoms with van der Waals surface area (Å²) in [6.07, 6.45) is 2.82. The Hall–Kier alpha value is -0.640. The van der Waals surface area contributed by atoms with E-state index in [1.807, 2.05) is 18.7 Å². The van der Waals surface area contributed by atoms with Crippen molar-refractivity contribution in [2.24, 2.45) is 22.5 Å². The molecule has 0 aromatic rings. The molecular formula is C15H28N2OS. The van der Waals surface area contributed by atoms with Gasteiger partial charge >= 0.3 is 0 Å². The van der Waals surface area contributed by atoms with Gasteiger partial charge in [0.1, 0.15) is 0 Å². The van der Waals surface area contributed by atoms with Crippen molar-refractivity contribution < 1.29 is 4.79 Å². The van der Waals surface area contributed by atoms with Gasteiger partial charge in [0, 0.05) is 13.1 Å². The third-order valence-corrected chi connectivity index (χ3v) is 5.18. The van der Waals surface area contributed by atoms with Crippen molar-refractivity contribution in [1.82, 2.24) is 4.90 Å². The Morgan fingerprint density at radius 1 is 1.26 bits per heavy atom. The van der Waals surface area contributed by atoms with Crippen LogP contribution in [0, 0.1) is 16.7 Å². The molecule has 0 aromatic carbocycles. The molecule has 1 unspecified atom stereocenters. The van der Waals surface area contributed by atoms with E-state index in [2.05, 4.69) is 20.8 Å². The summed E-state index contributed by atoms with van der Waals surface area (Å²) in [5.74, 6) is 0.795. The van der Waals surface area contributed by atoms with Gasteiger partial charge in [-0.25, -0.2) is 0 Å². The van der Waals surface area contributed by atoms with Gasteiger partial charge < -0.3 is 10.6 Å². The Labute approximate surface area is 122 Å². The molecule has 1 aliphatic heterocycles. The molecule has 3 nitrogen and oxygen atoms in total. The summed E-state index contributed by atoms with van der Waals surface area (Å²) in [5.41, 5.74) is 5.42. The zero-order chi connectivity index (χ0) is 14.8. The SMILES string of the molecule is CCC(C)(C(=O)N1CCC(C(C)(C)C)CC1)C(N)=S. The quantitative estimate of drug-likeness (QED) is 0.810. The summed E-state index contributed by atoms with van der Waals surface area (Å²) in [6, 6.07) is 0. The summed E-state index contributed by atoms with van der Waals surface area (Å²) in [4.78, 5) is 14.9. The van der Waals surface area contributed by atoms with Gasteiger partial charge in [-0.15, -0.1) is 0 Å². The van der Waals surface area contributed by atoms with Crippen molar-refractivity contribution in [1.29, 1.82) is 0 Å². The zero-order valence-electron chi connectivity index (χ0n) is 13.0. The van der Waals surface area contributed by atoms with Crippen LogP contribution < -0.4 is 5.73 Å². The molecule has 1 amide bonds. The predicted molar refractivity (Wildman–Crippen MR) is 83.9 cm³/mol. The molecule has 19 heavy (non-hydrogen) atoms. The van der Waals surface area contributed by atoms with E-state index in [1.165, 1.54) is 0 Å². The standard InChI is InChI=1S/C15H28N2OS/c1-6-15(5,12(16)19)13(18)17-9-7-11(8-10-17)14(2,3)4/h11H,6-10H2,1-5H3,(H2,16,19). The fraction of sp³-hybridized carbons (Fsp3) is 0.867. The molecule has 2 N–H and O–H groups in total. The molecule has 0 bridgehead atoms. The molecule has 0 aliphatic carbocycles. The van der Waals surface area contributed by atoms with E-state index >= 15 is 0 Å². The third kappa shape index (κ3) is 3.47. The first-order chi connectivity index (χ1) is 8.63. The Morgan fingerprint density at radius 3 is 2.05 bits per heavy atom. The number of hydrogen-bond acceptors (Lipinski definition) is 2. The fourth-order valence-corrected chi connectivity index (χ4v) is 2.96. The monoisotopic (exact) mass is 284 g/mol. The van der Waals surface area contributed by atoms with Crippen molar-refractivity contribution in [3.05, 3.63) is 0 Å². The first kappa shape index (κ1) is 16.4. The van der Waals surface area contributed by atoms with Gasteiger partial charge in [-0.05, 0) is 37.5 Å². The highest BCUT2D eigenvalue weighted by molar-refractivity contribution is 7.80. The summed E-state index contributed by atoms with van der Waals surface area (Å²) >= 11 is 5.09. The Morgan fingerprint density at radius 2 is 1.74 bits per heavy atom. The van der Waals surface area contributed by atoms with Crippen molar-refractivity contribution in [2.45, 2.75) is 53.9 Å². The van der Waals surface area contributed by atoms with Crippen molar-refractivity contribution in [3.63, 3.8) is 0 Å². The van der Waals surface area contributed by atoms with Crippen LogP contribution in [0.3, 0.4) is 0 Å². The summed E-state index contributed by atoms with van der Waals surface area (Å²) < 4.78 is 0. The Kier molecular flexibility index (Phi) is 4.99. The molecule has 1 fully saturated rings. The number of thiocarbonyl (C=S) groups is 1. The minimum atomic E-state index is -0.677. The van der Waals surface area contributed by atoms with E-state index in [0.29, 0.717) is 22.7 Å². The highest BCUT2D eigenvalue weighted by Gasteiger charge is 2.40. The van der Waals surface area contributed by atoms with Gasteiger partial charge in [0.2, 0.25) is 5.91 Å². The molecule has 1 saturated heterocycles. The van der Waals surface area contributed by atoms with E-state index in [9.17, 15) is 4.79 Å². The van der Waals surface area contributed by atoms with Gasteiger partial charge in [0.25, 0.3) is 0 Å². The van der Waals surface area contributed by atoms with Crippen LogP contribution in [0.4, 0.5) is 0 Å². The number of likely N-dealkylation sites (tertiary alicyclic amines) is 1. The number of hydrogen-bond donors (Lipinski definition) is 1. The number of piperidine rings is 1. The van der Waals surface area contributed by atoms with Crippen LogP contribution in [-0.4, -0.2) is 28.9 Å². The second-order valence-electron chi connectivity index (χ2n) is 6.98. The number of nitrogens with two attached hydrogens (primary N) is 1. The zero-order valence-corrected chi connectivity index (χ0v) is 13.8. The average Bonchev–Trinajstić information content (AvgIpc) is 2.35. The van der Waals surface area contributed by atoms with E-state index in [1.54, 1.807) is 0 Å². The van der Waals surface area contributed by atoms with Crippen LogP contribution in [0.15, 0.2) is 0 Å². The predicted octanol–water partition coefficient (Wildman–Crippen LogP) is 2.97. The van der Waals surface area contributed by atoms with E-state index in [-0.39, 0.29) is 5.91 Å². The second-order valence-corrected chi connectivity index (χ2v) is 7.42. The normalized spacial score (nSPS) is 21.0. The minimum Gasteiger partial charge on any atom is -0.392 e. The number of rotatable bonds is 3. The van der Waals surface area contributed by atoms with Gasteiger partial charge in [0.05, 0.1) is 10.4 Å². The molecule has 0 saturated carbocycles. The van der Waals surface area contributed by atoms with E-state index in [0.717, 1.165) is 25.9 Å². The first-order valence-corrected chi connectivity index (χ1v) is 7.63. The minimum absolute atomic E-state index is 0.106. The molecular weight excluding hydrogens is 256 g/mol. The largest absolute Gasteiger partial charge is 0.392 e. The van der Waals surface area contributed by atoms with Gasteiger partial charge in [-0.1, -0.05) is 39.9 Å². The fourth-order valence-electron chi connectivity index (χ4n) is 2.73. The maximum atomic E-state index is 12.6. The molecule has 1 rings (SSSR count). The highest BCUT2D eigenvalue weighted by Crippen LogP contribution is 2.35. The van der Waals surface area contributed by atoms with Crippen LogP contribution in [-0.2, 0) is 4.79 Å². The van der Waals surface area contributed by atoms with Crippen molar-refractivity contribution in [2.75, 3.05) is 13.1 Å². The van der Waals surface area contributed by atoms with Gasteiger partial charge in [-0.2, -0.15) is 0 Å². The summed E-state index contributed by atoms with van der Waals surface area (Å²) in [6.45, 7) is 12.3. The van der Waals surface area contributed by atoms with Crippen molar-refractivity contribution >= 4 is 23.1 Å². The Balaban J connectivity index is 2.70. The lowest BCUT2D eigenvalue weighted by atomic mass is 9.75. The molecule has 0 radical (unpaired) electrons. The van der Waals surface area contributed by atoms with Crippen LogP contribution in [0.1, 0.15) is 53.9 Å². The van der Waals surface area contributed by atoms with Crippen LogP contribution >= 0.6 is 12.2 Å². The van der Waals surface area contributed by atoms with Gasteiger partial charge in [-0.3, -0.25) is 4.79 Å².